The molecule has 0 unspecified atom stereocenters. The number of rotatable bonds is 17. The summed E-state index contributed by atoms with van der Waals surface area (Å²) in [7, 11) is -3.03. The molecule has 456 valence electrons. The molecule has 1 saturated carbocycles. The zero-order valence-electron chi connectivity index (χ0n) is 49.0. The van der Waals surface area contributed by atoms with E-state index in [9.17, 15) is 23.3 Å². The number of sulfonamides is 1. The van der Waals surface area contributed by atoms with E-state index in [1.807, 2.05) is 30.5 Å². The molecule has 1 aliphatic carbocycles. The largest absolute Gasteiger partial charge is 0.493 e. The van der Waals surface area contributed by atoms with Gasteiger partial charge < -0.3 is 53.4 Å². The van der Waals surface area contributed by atoms with Crippen molar-refractivity contribution in [3.8, 4) is 17.4 Å². The zero-order chi connectivity index (χ0) is 59.1. The molecule has 0 radical (unpaired) electrons. The Bertz CT molecular complexity index is 3560. The number of nitrogens with one attached hydrogen (secondary N) is 3. The fourth-order valence-corrected chi connectivity index (χ4v) is 14.9. The molecule has 23 nitrogen and oxygen atoms in total. The van der Waals surface area contributed by atoms with E-state index in [1.165, 1.54) is 5.56 Å². The molecule has 7 aliphatic rings. The molecule has 0 bridgehead atoms. The predicted molar refractivity (Wildman–Crippen MR) is 324 cm³/mol. The van der Waals surface area contributed by atoms with Crippen LogP contribution >= 0.6 is 0 Å². The van der Waals surface area contributed by atoms with Gasteiger partial charge in [-0.25, -0.2) is 14.7 Å². The van der Waals surface area contributed by atoms with Crippen molar-refractivity contribution < 1.29 is 46.6 Å². The number of pyridine rings is 3. The van der Waals surface area contributed by atoms with Crippen LogP contribution in [0.2, 0.25) is 0 Å². The summed E-state index contributed by atoms with van der Waals surface area (Å²) in [5.41, 5.74) is 4.79. The summed E-state index contributed by atoms with van der Waals surface area (Å²) in [4.78, 5) is 55.6. The summed E-state index contributed by atoms with van der Waals surface area (Å²) < 4.78 is 66.7. The lowest BCUT2D eigenvalue weighted by atomic mass is 9.59. The van der Waals surface area contributed by atoms with E-state index in [4.69, 9.17) is 38.4 Å². The minimum atomic E-state index is -4.74. The Morgan fingerprint density at radius 2 is 1.66 bits per heavy atom. The molecule has 6 aliphatic heterocycles. The summed E-state index contributed by atoms with van der Waals surface area (Å²) in [6, 6.07) is 21.2. The zero-order valence-corrected chi connectivity index (χ0v) is 49.8. The van der Waals surface area contributed by atoms with Crippen molar-refractivity contribution in [3.63, 3.8) is 0 Å². The highest BCUT2D eigenvalue weighted by atomic mass is 32.2. The van der Waals surface area contributed by atoms with E-state index in [2.05, 4.69) is 88.7 Å². The second-order valence-electron chi connectivity index (χ2n) is 24.3. The van der Waals surface area contributed by atoms with Crippen LogP contribution in [-0.2, 0) is 30.8 Å². The van der Waals surface area contributed by atoms with Crippen molar-refractivity contribution in [1.29, 1.82) is 0 Å². The molecule has 6 aromatic rings. The summed E-state index contributed by atoms with van der Waals surface area (Å²) in [5.74, 6) is 2.23. The van der Waals surface area contributed by atoms with Crippen LogP contribution < -0.4 is 38.9 Å². The molecule has 86 heavy (non-hydrogen) atoms. The average Bonchev–Trinajstić information content (AvgIpc) is 1.07. The predicted octanol–water partition coefficient (Wildman–Crippen LogP) is 7.85. The second-order valence-corrected chi connectivity index (χ2v) is 25.9. The van der Waals surface area contributed by atoms with Gasteiger partial charge in [0.25, 0.3) is 21.6 Å². The van der Waals surface area contributed by atoms with Crippen molar-refractivity contribution in [2.24, 2.45) is 11.3 Å². The number of methoxy groups -OCH3 is 1. The number of aromatic amines is 1. The number of morpholine rings is 1. The van der Waals surface area contributed by atoms with Gasteiger partial charge in [-0.3, -0.25) is 24.7 Å². The number of piperazine rings is 1. The highest BCUT2D eigenvalue weighted by Gasteiger charge is 2.51. The highest BCUT2D eigenvalue weighted by molar-refractivity contribution is 7.90. The van der Waals surface area contributed by atoms with E-state index in [1.54, 1.807) is 19.4 Å². The summed E-state index contributed by atoms with van der Waals surface area (Å²) in [6.45, 7) is 14.4. The molecule has 1 spiro atoms. The molecule has 10 heterocycles. The Kier molecular flexibility index (Phi) is 16.4. The number of H-pyrrole nitrogens is 1. The number of carbonyl (C=O) groups is 1. The van der Waals surface area contributed by atoms with Crippen LogP contribution in [0.15, 0.2) is 90.3 Å². The Morgan fingerprint density at radius 3 is 2.45 bits per heavy atom. The molecule has 5 saturated heterocycles. The Labute approximate surface area is 500 Å². The van der Waals surface area contributed by atoms with Crippen molar-refractivity contribution in [2.45, 2.75) is 101 Å². The quantitative estimate of drug-likeness (QED) is 0.0581. The van der Waals surface area contributed by atoms with Gasteiger partial charge in [0.05, 0.1) is 73.6 Å². The Hall–Kier alpha value is -7.35. The lowest BCUT2D eigenvalue weighted by molar-refractivity contribution is -0.384. The number of para-hydroxylation sites is 1. The molecule has 2 aromatic carbocycles. The van der Waals surface area contributed by atoms with Crippen LogP contribution in [0.1, 0.15) is 86.3 Å². The monoisotopic (exact) mass is 1200 g/mol. The summed E-state index contributed by atoms with van der Waals surface area (Å²) >= 11 is 0. The van der Waals surface area contributed by atoms with Gasteiger partial charge in [-0.05, 0) is 118 Å². The first-order valence-corrected chi connectivity index (χ1v) is 31.8. The normalized spacial score (nSPS) is 22.2. The molecule has 4 aromatic heterocycles. The number of carbonyl (C=O) groups excluding carboxylic acids is 1. The van der Waals surface area contributed by atoms with Gasteiger partial charge in [-0.2, -0.15) is 13.4 Å². The summed E-state index contributed by atoms with van der Waals surface area (Å²) in [6.07, 6.45) is 10.8. The first kappa shape index (κ1) is 57.7. The molecule has 6 fully saturated rings. The Balaban J connectivity index is 0.749. The van der Waals surface area contributed by atoms with Crippen LogP contribution in [0.25, 0.3) is 11.0 Å². The van der Waals surface area contributed by atoms with Gasteiger partial charge >= 0.3 is 0 Å². The molecule has 3 atom stereocenters. The molecule has 3 N–H and O–H groups in total. The van der Waals surface area contributed by atoms with E-state index < -0.39 is 37.7 Å². The molecular formula is C62H76N12O11S. The van der Waals surface area contributed by atoms with Gasteiger partial charge in [0.15, 0.2) is 16.6 Å². The number of benzene rings is 2. The third kappa shape index (κ3) is 11.8. The van der Waals surface area contributed by atoms with E-state index in [0.29, 0.717) is 74.9 Å². The maximum atomic E-state index is 14.8. The number of anilines is 5. The van der Waals surface area contributed by atoms with Crippen LogP contribution in [0.5, 0.6) is 17.4 Å². The van der Waals surface area contributed by atoms with Gasteiger partial charge in [0.2, 0.25) is 5.88 Å². The highest BCUT2D eigenvalue weighted by Crippen LogP contribution is 2.54. The molecule has 24 heteroatoms. The van der Waals surface area contributed by atoms with Crippen molar-refractivity contribution in [1.82, 2.24) is 34.5 Å². The smallest absolute Gasteiger partial charge is 0.296 e. The van der Waals surface area contributed by atoms with E-state index >= 15 is 0 Å². The SMILES string of the molecule is COc1cc(CN2CCN(C3CC4(CCN(c5ccc(C(=O)NS(=O)(=O)c6cc([N+](=O)[O-])c(NCC7CCOCC7)cn6)c(N6c7cc8cc[nH]c8nc7O[C@H]7COCC[C@@H]76)c5)CC4)C3)[C@@H](c3ccccc3OC(C)C)C2)cnc1N1CCOCC1. The van der Waals surface area contributed by atoms with Crippen molar-refractivity contribution >= 4 is 61.2 Å². The van der Waals surface area contributed by atoms with Crippen molar-refractivity contribution in [2.75, 3.05) is 119 Å². The number of piperidine rings is 1. The molecule has 1 amide bonds. The number of hydrogen-bond acceptors (Lipinski definition) is 20. The molecular weight excluding hydrogens is 1120 g/mol. The minimum Gasteiger partial charge on any atom is -0.493 e. The first-order valence-electron chi connectivity index (χ1n) is 30.3. The molecule has 13 rings (SSSR count). The number of nitrogens with zero attached hydrogens (tertiary/aromatic N) is 9. The number of amides is 1. The fraction of sp³-hybridized carbons (Fsp3) is 0.516. The van der Waals surface area contributed by atoms with Gasteiger partial charge in [-0.1, -0.05) is 18.2 Å². The topological polar surface area (TPSA) is 244 Å². The average molecular weight is 1200 g/mol. The van der Waals surface area contributed by atoms with Gasteiger partial charge in [-0.15, -0.1) is 0 Å². The van der Waals surface area contributed by atoms with Crippen LogP contribution in [0.3, 0.4) is 0 Å². The van der Waals surface area contributed by atoms with E-state index in [0.717, 1.165) is 137 Å². The van der Waals surface area contributed by atoms with Crippen molar-refractivity contribution in [3.05, 3.63) is 112 Å². The summed E-state index contributed by atoms with van der Waals surface area (Å²) in [5, 5.41) is 15.7. The van der Waals surface area contributed by atoms with Gasteiger partial charge in [0.1, 0.15) is 28.9 Å². The van der Waals surface area contributed by atoms with E-state index in [-0.39, 0.29) is 47.4 Å². The number of aromatic nitrogens is 4. The maximum Gasteiger partial charge on any atom is 0.296 e. The third-order valence-electron chi connectivity index (χ3n) is 18.5. The Morgan fingerprint density at radius 1 is 0.872 bits per heavy atom. The second kappa shape index (κ2) is 24.4. The fourth-order valence-electron chi connectivity index (χ4n) is 14.0. The number of ether oxygens (including phenoxy) is 6. The number of hydrogen-bond donors (Lipinski definition) is 3. The van der Waals surface area contributed by atoms with Crippen LogP contribution in [0, 0.1) is 21.4 Å². The van der Waals surface area contributed by atoms with Crippen LogP contribution in [0.4, 0.5) is 34.3 Å². The maximum absolute atomic E-state index is 14.8. The lowest BCUT2D eigenvalue weighted by Crippen LogP contribution is -2.59. The number of fused-ring (bicyclic) bond motifs is 3. The minimum absolute atomic E-state index is 0.0245. The lowest BCUT2D eigenvalue weighted by Gasteiger charge is -2.58. The number of nitro groups is 1. The van der Waals surface area contributed by atoms with Crippen LogP contribution in [-0.4, -0.2) is 172 Å². The standard InChI is InChI=1S/C62H76N12O11S/c1-40(2)84-54-7-5-4-6-46(54)53-38-69(37-42-28-55(80-3)59(66-35-42)71-21-26-82-27-22-71)19-20-72(53)45-32-62(33-45)14-17-70(18-15-62)44-8-9-47(50(30-44)73-49-13-25-83-39-56(49)85-61-52(73)29-43-10-16-63-58(43)67-61)60(75)68-86(78,79)57-31-51(74(76)77)48(36-65-57)64-34-41-11-23-81-24-12-41/h4-10,16,28-31,35-36,40-41,45,49,53,56,64H,11-15,17-27,32-34,37-39H2,1-3H3,(H,63,67)(H,68,75)/t49-,53+,56-/m0/s1. The first-order chi connectivity index (χ1) is 41.8. The van der Waals surface area contributed by atoms with Gasteiger partial charge in [0, 0.05) is 114 Å². The third-order valence-corrected chi connectivity index (χ3v) is 19.8.